The van der Waals surface area contributed by atoms with Crippen molar-refractivity contribution < 1.29 is 18.7 Å². The first kappa shape index (κ1) is 14.9. The Labute approximate surface area is 112 Å². The summed E-state index contributed by atoms with van der Waals surface area (Å²) in [6.45, 7) is 8.73. The van der Waals surface area contributed by atoms with Crippen molar-refractivity contribution in [1.29, 1.82) is 0 Å². The molecule has 106 valence electrons. The standard InChI is InChI=1S/C13H20N2O4/c1-4-15(8-13(16)17-5-2)10(3)18-9-11-6-7-12(14)19-11/h6-7H,3-5,8-9,14H2,1-2H3. The molecule has 1 aromatic heterocycles. The first-order valence-electron chi connectivity index (χ1n) is 6.13. The first-order valence-corrected chi connectivity index (χ1v) is 6.13. The summed E-state index contributed by atoms with van der Waals surface area (Å²) in [5.74, 6) is 1.02. The fourth-order valence-electron chi connectivity index (χ4n) is 1.46. The van der Waals surface area contributed by atoms with Crippen LogP contribution in [-0.2, 0) is 20.9 Å². The fourth-order valence-corrected chi connectivity index (χ4v) is 1.46. The molecule has 0 unspecified atom stereocenters. The van der Waals surface area contributed by atoms with Gasteiger partial charge in [-0.05, 0) is 26.5 Å². The van der Waals surface area contributed by atoms with Crippen molar-refractivity contribution in [3.05, 3.63) is 30.4 Å². The quantitative estimate of drug-likeness (QED) is 0.571. The van der Waals surface area contributed by atoms with Crippen molar-refractivity contribution >= 4 is 11.9 Å². The lowest BCUT2D eigenvalue weighted by atomic mass is 10.4. The molecule has 0 amide bonds. The van der Waals surface area contributed by atoms with Crippen LogP contribution in [0, 0.1) is 0 Å². The van der Waals surface area contributed by atoms with Crippen molar-refractivity contribution in [2.75, 3.05) is 25.4 Å². The molecule has 0 bridgehead atoms. The van der Waals surface area contributed by atoms with Crippen LogP contribution in [-0.4, -0.2) is 30.6 Å². The SMILES string of the molecule is C=C(OCc1ccc(N)o1)N(CC)CC(=O)OCC. The number of nitrogens with zero attached hydrogens (tertiary/aromatic N) is 1. The molecule has 0 aromatic carbocycles. The van der Waals surface area contributed by atoms with E-state index in [2.05, 4.69) is 6.58 Å². The lowest BCUT2D eigenvalue weighted by Gasteiger charge is -2.23. The number of carbonyl (C=O) groups is 1. The summed E-state index contributed by atoms with van der Waals surface area (Å²) >= 11 is 0. The molecular weight excluding hydrogens is 248 g/mol. The summed E-state index contributed by atoms with van der Waals surface area (Å²) in [5.41, 5.74) is 5.45. The van der Waals surface area contributed by atoms with Crippen LogP contribution in [0.15, 0.2) is 29.0 Å². The van der Waals surface area contributed by atoms with E-state index in [9.17, 15) is 4.79 Å². The molecule has 1 aromatic rings. The number of ether oxygens (including phenoxy) is 2. The monoisotopic (exact) mass is 268 g/mol. The van der Waals surface area contributed by atoms with E-state index in [1.807, 2.05) is 6.92 Å². The molecule has 0 fully saturated rings. The summed E-state index contributed by atoms with van der Waals surface area (Å²) in [5, 5.41) is 0. The Morgan fingerprint density at radius 1 is 1.42 bits per heavy atom. The van der Waals surface area contributed by atoms with Gasteiger partial charge in [0.05, 0.1) is 6.61 Å². The zero-order chi connectivity index (χ0) is 14.3. The summed E-state index contributed by atoms with van der Waals surface area (Å²) in [7, 11) is 0. The van der Waals surface area contributed by atoms with Gasteiger partial charge < -0.3 is 24.5 Å². The minimum atomic E-state index is -0.309. The second-order valence-corrected chi connectivity index (χ2v) is 3.81. The van der Waals surface area contributed by atoms with Crippen molar-refractivity contribution in [3.63, 3.8) is 0 Å². The molecule has 0 atom stereocenters. The fraction of sp³-hybridized carbons (Fsp3) is 0.462. The van der Waals surface area contributed by atoms with E-state index in [1.54, 1.807) is 24.0 Å². The van der Waals surface area contributed by atoms with E-state index in [4.69, 9.17) is 19.6 Å². The van der Waals surface area contributed by atoms with Gasteiger partial charge in [-0.15, -0.1) is 0 Å². The topological polar surface area (TPSA) is 77.9 Å². The molecule has 0 saturated heterocycles. The van der Waals surface area contributed by atoms with Crippen LogP contribution < -0.4 is 5.73 Å². The Balaban J connectivity index is 2.43. The Bertz CT molecular complexity index is 428. The molecule has 0 aliphatic heterocycles. The number of hydrogen-bond acceptors (Lipinski definition) is 6. The van der Waals surface area contributed by atoms with E-state index < -0.39 is 0 Å². The van der Waals surface area contributed by atoms with Crippen molar-refractivity contribution in [2.45, 2.75) is 20.5 Å². The number of hydrogen-bond donors (Lipinski definition) is 1. The van der Waals surface area contributed by atoms with Gasteiger partial charge in [-0.3, -0.25) is 4.79 Å². The van der Waals surface area contributed by atoms with E-state index in [0.29, 0.717) is 30.7 Å². The number of nitrogen functional groups attached to an aromatic ring is 1. The molecule has 6 nitrogen and oxygen atoms in total. The van der Waals surface area contributed by atoms with Crippen LogP contribution in [0.4, 0.5) is 5.88 Å². The van der Waals surface area contributed by atoms with Gasteiger partial charge in [0.1, 0.15) is 18.9 Å². The molecule has 0 radical (unpaired) electrons. The van der Waals surface area contributed by atoms with Gasteiger partial charge >= 0.3 is 5.97 Å². The molecule has 1 heterocycles. The Hall–Kier alpha value is -2.11. The number of carbonyl (C=O) groups excluding carboxylic acids is 1. The van der Waals surface area contributed by atoms with Crippen LogP contribution in [0.2, 0.25) is 0 Å². The van der Waals surface area contributed by atoms with Crippen LogP contribution in [0.5, 0.6) is 0 Å². The van der Waals surface area contributed by atoms with E-state index in [1.165, 1.54) is 0 Å². The maximum Gasteiger partial charge on any atom is 0.325 e. The third-order valence-electron chi connectivity index (χ3n) is 2.42. The van der Waals surface area contributed by atoms with Crippen LogP contribution in [0.1, 0.15) is 19.6 Å². The first-order chi connectivity index (χ1) is 9.06. The van der Waals surface area contributed by atoms with Gasteiger partial charge in [0.15, 0.2) is 11.8 Å². The van der Waals surface area contributed by atoms with E-state index >= 15 is 0 Å². The minimum Gasteiger partial charge on any atom is -0.471 e. The van der Waals surface area contributed by atoms with Gasteiger partial charge in [-0.25, -0.2) is 0 Å². The maximum atomic E-state index is 11.4. The summed E-state index contributed by atoms with van der Waals surface area (Å²) < 4.78 is 15.5. The molecule has 2 N–H and O–H groups in total. The van der Waals surface area contributed by atoms with Crippen LogP contribution in [0.25, 0.3) is 0 Å². The predicted molar refractivity (Wildman–Crippen MR) is 70.9 cm³/mol. The molecule has 1 rings (SSSR count). The van der Waals surface area contributed by atoms with Gasteiger partial charge in [0, 0.05) is 12.6 Å². The number of rotatable bonds is 8. The van der Waals surface area contributed by atoms with Crippen LogP contribution in [0.3, 0.4) is 0 Å². The lowest BCUT2D eigenvalue weighted by molar-refractivity contribution is -0.144. The average molecular weight is 268 g/mol. The summed E-state index contributed by atoms with van der Waals surface area (Å²) in [4.78, 5) is 13.1. The van der Waals surface area contributed by atoms with Crippen molar-refractivity contribution in [1.82, 2.24) is 4.90 Å². The third kappa shape index (κ3) is 4.95. The van der Waals surface area contributed by atoms with Crippen molar-refractivity contribution in [3.8, 4) is 0 Å². The van der Waals surface area contributed by atoms with Gasteiger partial charge in [0.25, 0.3) is 0 Å². The summed E-state index contributed by atoms with van der Waals surface area (Å²) in [6, 6.07) is 3.38. The molecule has 0 aliphatic carbocycles. The molecular formula is C13H20N2O4. The molecule has 0 spiro atoms. The minimum absolute atomic E-state index is 0.115. The highest BCUT2D eigenvalue weighted by molar-refractivity contribution is 5.71. The Morgan fingerprint density at radius 2 is 2.16 bits per heavy atom. The number of nitrogens with two attached hydrogens (primary N) is 1. The normalized spacial score (nSPS) is 10.0. The number of likely N-dealkylation sites (N-methyl/N-ethyl adjacent to an activating group) is 1. The second-order valence-electron chi connectivity index (χ2n) is 3.81. The summed E-state index contributed by atoms with van der Waals surface area (Å²) in [6.07, 6.45) is 0. The molecule has 0 saturated carbocycles. The highest BCUT2D eigenvalue weighted by Crippen LogP contribution is 2.13. The molecule has 19 heavy (non-hydrogen) atoms. The number of esters is 1. The highest BCUT2D eigenvalue weighted by Gasteiger charge is 2.13. The lowest BCUT2D eigenvalue weighted by Crippen LogP contribution is -2.31. The second kappa shape index (κ2) is 7.35. The zero-order valence-electron chi connectivity index (χ0n) is 11.3. The zero-order valence-corrected chi connectivity index (χ0v) is 11.3. The van der Waals surface area contributed by atoms with Gasteiger partial charge in [0.2, 0.25) is 0 Å². The number of furan rings is 1. The number of anilines is 1. The van der Waals surface area contributed by atoms with Gasteiger partial charge in [-0.2, -0.15) is 0 Å². The van der Waals surface area contributed by atoms with E-state index in [-0.39, 0.29) is 19.1 Å². The van der Waals surface area contributed by atoms with Gasteiger partial charge in [-0.1, -0.05) is 0 Å². The highest BCUT2D eigenvalue weighted by atomic mass is 16.5. The smallest absolute Gasteiger partial charge is 0.325 e. The Kier molecular flexibility index (Phi) is 5.78. The molecule has 6 heteroatoms. The maximum absolute atomic E-state index is 11.4. The Morgan fingerprint density at radius 3 is 2.68 bits per heavy atom. The largest absolute Gasteiger partial charge is 0.471 e. The average Bonchev–Trinajstić information content (AvgIpc) is 2.79. The third-order valence-corrected chi connectivity index (χ3v) is 2.42. The predicted octanol–water partition coefficient (Wildman–Crippen LogP) is 1.73. The van der Waals surface area contributed by atoms with Crippen LogP contribution >= 0.6 is 0 Å². The van der Waals surface area contributed by atoms with E-state index in [0.717, 1.165) is 0 Å². The van der Waals surface area contributed by atoms with Crippen molar-refractivity contribution in [2.24, 2.45) is 0 Å². The molecule has 0 aliphatic rings.